The Labute approximate surface area is 199 Å². The van der Waals surface area contributed by atoms with Crippen LogP contribution in [0.1, 0.15) is 38.2 Å². The molecule has 34 heavy (non-hydrogen) atoms. The number of hydrogen-bond donors (Lipinski definition) is 3. The summed E-state index contributed by atoms with van der Waals surface area (Å²) >= 11 is 0. The molecule has 3 N–H and O–H groups in total. The molecule has 1 heterocycles. The molecule has 0 bridgehead atoms. The summed E-state index contributed by atoms with van der Waals surface area (Å²) in [6, 6.07) is 13.7. The summed E-state index contributed by atoms with van der Waals surface area (Å²) in [7, 11) is 0. The number of urea groups is 1. The number of carboxylic acid groups (broad SMARTS) is 1. The lowest BCUT2D eigenvalue weighted by molar-refractivity contribution is 0.0688. The number of rotatable bonds is 9. The van der Waals surface area contributed by atoms with Crippen LogP contribution in [0.2, 0.25) is 0 Å². The highest BCUT2D eigenvalue weighted by molar-refractivity contribution is 6.02. The summed E-state index contributed by atoms with van der Waals surface area (Å²) in [4.78, 5) is 26.7. The smallest absolute Gasteiger partial charge is 0.352 e. The molecule has 0 saturated heterocycles. The van der Waals surface area contributed by atoms with Gasteiger partial charge in [0.1, 0.15) is 11.5 Å². The maximum atomic E-state index is 13.2. The second-order valence-electron chi connectivity index (χ2n) is 9.05. The molecule has 2 amide bonds. The molecule has 0 unspecified atom stereocenters. The molecule has 0 saturated carbocycles. The lowest BCUT2D eigenvalue weighted by atomic mass is 10.1. The van der Waals surface area contributed by atoms with E-state index in [2.05, 4.69) is 43.2 Å². The molecule has 180 valence electrons. The molecule has 0 spiro atoms. The highest BCUT2D eigenvalue weighted by atomic mass is 19.1. The topological polar surface area (TPSA) is 86.6 Å². The molecule has 7 nitrogen and oxygen atoms in total. The maximum absolute atomic E-state index is 13.2. The van der Waals surface area contributed by atoms with Crippen molar-refractivity contribution in [3.05, 3.63) is 72.3 Å². The number of nitrogens with one attached hydrogen (secondary N) is 2. The lowest BCUT2D eigenvalue weighted by Gasteiger charge is -2.31. The van der Waals surface area contributed by atoms with E-state index >= 15 is 0 Å². The van der Waals surface area contributed by atoms with Gasteiger partial charge in [0.15, 0.2) is 0 Å². The minimum absolute atomic E-state index is 0.121. The second kappa shape index (κ2) is 10.9. The monoisotopic (exact) mass is 466 g/mol. The van der Waals surface area contributed by atoms with Crippen molar-refractivity contribution in [2.45, 2.75) is 27.7 Å². The standard InChI is InChI=1S/C26H31FN4O3/c1-17(2)15-30(16-18(3)4)23-12-11-21(31-13-5-6-24(31)25(32)33)14-22(23)29-26(34)28-20-9-7-19(27)8-10-20/h5-14,17-18H,15-16H2,1-4H3,(H,32,33)(H2,28,29,34). The van der Waals surface area contributed by atoms with Crippen LogP contribution in [-0.4, -0.2) is 34.8 Å². The zero-order valence-electron chi connectivity index (χ0n) is 19.9. The lowest BCUT2D eigenvalue weighted by Crippen LogP contribution is -2.32. The first-order valence-electron chi connectivity index (χ1n) is 11.3. The summed E-state index contributed by atoms with van der Waals surface area (Å²) in [5.41, 5.74) is 2.57. The van der Waals surface area contributed by atoms with Crippen molar-refractivity contribution in [3.63, 3.8) is 0 Å². The zero-order chi connectivity index (χ0) is 24.8. The van der Waals surface area contributed by atoms with Gasteiger partial charge in [-0.05, 0) is 66.4 Å². The van der Waals surface area contributed by atoms with Crippen molar-refractivity contribution >= 4 is 29.1 Å². The summed E-state index contributed by atoms with van der Waals surface area (Å²) < 4.78 is 14.8. The number of nitrogens with zero attached hydrogens (tertiary/aromatic N) is 2. The number of halogens is 1. The van der Waals surface area contributed by atoms with Gasteiger partial charge >= 0.3 is 12.0 Å². The van der Waals surface area contributed by atoms with Crippen molar-refractivity contribution in [2.75, 3.05) is 28.6 Å². The predicted molar refractivity (Wildman–Crippen MR) is 134 cm³/mol. The van der Waals surface area contributed by atoms with Gasteiger partial charge in [-0.2, -0.15) is 0 Å². The van der Waals surface area contributed by atoms with Gasteiger partial charge in [0.05, 0.1) is 11.4 Å². The van der Waals surface area contributed by atoms with Gasteiger partial charge in [-0.25, -0.2) is 14.0 Å². The number of carbonyl (C=O) groups is 2. The van der Waals surface area contributed by atoms with Crippen LogP contribution in [0.25, 0.3) is 5.69 Å². The number of aromatic carboxylic acids is 1. The highest BCUT2D eigenvalue weighted by Crippen LogP contribution is 2.31. The van der Waals surface area contributed by atoms with E-state index in [1.165, 1.54) is 30.3 Å². The Hall–Kier alpha value is -3.81. The average molecular weight is 467 g/mol. The first kappa shape index (κ1) is 24.8. The Bertz CT molecular complexity index is 1130. The Kier molecular flexibility index (Phi) is 7.94. The molecule has 0 aliphatic heterocycles. The molecule has 3 rings (SSSR count). The van der Waals surface area contributed by atoms with Crippen LogP contribution in [0.4, 0.5) is 26.2 Å². The van der Waals surface area contributed by atoms with Crippen LogP contribution < -0.4 is 15.5 Å². The van der Waals surface area contributed by atoms with Gasteiger partial charge in [-0.1, -0.05) is 27.7 Å². The SMILES string of the molecule is CC(C)CN(CC(C)C)c1ccc(-n2cccc2C(=O)O)cc1NC(=O)Nc1ccc(F)cc1. The number of carboxylic acids is 1. The molecule has 2 aromatic carbocycles. The summed E-state index contributed by atoms with van der Waals surface area (Å²) in [6.07, 6.45) is 1.67. The van der Waals surface area contributed by atoms with E-state index in [1.54, 1.807) is 22.9 Å². The summed E-state index contributed by atoms with van der Waals surface area (Å²) in [6.45, 7) is 10.1. The fourth-order valence-corrected chi connectivity index (χ4v) is 3.80. The summed E-state index contributed by atoms with van der Waals surface area (Å²) in [5.74, 6) is -0.649. The molecule has 0 atom stereocenters. The van der Waals surface area contributed by atoms with Crippen molar-refractivity contribution in [1.29, 1.82) is 0 Å². The van der Waals surface area contributed by atoms with E-state index in [4.69, 9.17) is 0 Å². The number of anilines is 3. The number of carbonyl (C=O) groups excluding carboxylic acids is 1. The first-order valence-corrected chi connectivity index (χ1v) is 11.3. The van der Waals surface area contributed by atoms with E-state index in [0.717, 1.165) is 18.8 Å². The van der Waals surface area contributed by atoms with E-state index < -0.39 is 12.0 Å². The number of benzene rings is 2. The van der Waals surface area contributed by atoms with E-state index in [0.29, 0.717) is 28.9 Å². The average Bonchev–Trinajstić information content (AvgIpc) is 3.24. The first-order chi connectivity index (χ1) is 16.1. The minimum Gasteiger partial charge on any atom is -0.477 e. The van der Waals surface area contributed by atoms with Crippen LogP contribution in [-0.2, 0) is 0 Å². The quantitative estimate of drug-likeness (QED) is 0.357. The van der Waals surface area contributed by atoms with Gasteiger partial charge in [0, 0.05) is 30.7 Å². The third-order valence-corrected chi connectivity index (χ3v) is 5.09. The molecule has 0 aliphatic carbocycles. The van der Waals surface area contributed by atoms with Gasteiger partial charge in [-0.15, -0.1) is 0 Å². The van der Waals surface area contributed by atoms with Crippen LogP contribution in [0.15, 0.2) is 60.8 Å². The fraction of sp³-hybridized carbons (Fsp3) is 0.308. The number of aromatic nitrogens is 1. The minimum atomic E-state index is -1.04. The van der Waals surface area contributed by atoms with Gasteiger partial charge in [0.25, 0.3) is 0 Å². The van der Waals surface area contributed by atoms with Crippen molar-refractivity contribution in [3.8, 4) is 5.69 Å². The molecular weight excluding hydrogens is 435 g/mol. The Morgan fingerprint density at radius 1 is 0.971 bits per heavy atom. The summed E-state index contributed by atoms with van der Waals surface area (Å²) in [5, 5.41) is 15.1. The molecule has 1 aromatic heterocycles. The van der Waals surface area contributed by atoms with E-state index in [9.17, 15) is 19.1 Å². The van der Waals surface area contributed by atoms with Gasteiger partial charge < -0.3 is 25.2 Å². The Balaban J connectivity index is 2.00. The van der Waals surface area contributed by atoms with Gasteiger partial charge in [0.2, 0.25) is 0 Å². The Morgan fingerprint density at radius 3 is 2.21 bits per heavy atom. The largest absolute Gasteiger partial charge is 0.477 e. The van der Waals surface area contributed by atoms with Crippen molar-refractivity contribution in [2.24, 2.45) is 11.8 Å². The molecular formula is C26H31FN4O3. The van der Waals surface area contributed by atoms with Crippen molar-refractivity contribution < 1.29 is 19.1 Å². The second-order valence-corrected chi connectivity index (χ2v) is 9.05. The van der Waals surface area contributed by atoms with Crippen LogP contribution in [0.5, 0.6) is 0 Å². The van der Waals surface area contributed by atoms with Crippen LogP contribution in [0.3, 0.4) is 0 Å². The van der Waals surface area contributed by atoms with Crippen LogP contribution in [0, 0.1) is 17.7 Å². The fourth-order valence-electron chi connectivity index (χ4n) is 3.80. The molecule has 0 fully saturated rings. The number of hydrogen-bond acceptors (Lipinski definition) is 3. The molecule has 0 radical (unpaired) electrons. The highest BCUT2D eigenvalue weighted by Gasteiger charge is 2.18. The van der Waals surface area contributed by atoms with Gasteiger partial charge in [-0.3, -0.25) is 0 Å². The maximum Gasteiger partial charge on any atom is 0.352 e. The van der Waals surface area contributed by atoms with Crippen molar-refractivity contribution in [1.82, 2.24) is 4.57 Å². The molecule has 8 heteroatoms. The third kappa shape index (κ3) is 6.37. The van der Waals surface area contributed by atoms with Crippen LogP contribution >= 0.6 is 0 Å². The number of amides is 2. The predicted octanol–water partition coefficient (Wildman–Crippen LogP) is 6.08. The zero-order valence-corrected chi connectivity index (χ0v) is 19.9. The normalized spacial score (nSPS) is 11.0. The van der Waals surface area contributed by atoms with E-state index in [-0.39, 0.29) is 11.5 Å². The van der Waals surface area contributed by atoms with E-state index in [1.807, 2.05) is 12.1 Å². The molecule has 0 aliphatic rings. The molecule has 3 aromatic rings. The third-order valence-electron chi connectivity index (χ3n) is 5.09. The Morgan fingerprint density at radius 2 is 1.62 bits per heavy atom.